The van der Waals surface area contributed by atoms with Gasteiger partial charge in [-0.2, -0.15) is 0 Å². The maximum absolute atomic E-state index is 13.0. The zero-order valence-electron chi connectivity index (χ0n) is 12.7. The highest BCUT2D eigenvalue weighted by molar-refractivity contribution is 5.83. The molecule has 0 aliphatic carbocycles. The number of aliphatic imine (C=N–C) groups is 1. The molecule has 0 aromatic heterocycles. The maximum atomic E-state index is 13.0. The normalized spacial score (nSPS) is 12.2. The molecule has 0 amide bonds. The van der Waals surface area contributed by atoms with Crippen molar-refractivity contribution in [3.63, 3.8) is 0 Å². The first-order valence-corrected chi connectivity index (χ1v) is 6.78. The van der Waals surface area contributed by atoms with E-state index in [1.807, 2.05) is 19.0 Å². The van der Waals surface area contributed by atoms with Gasteiger partial charge >= 0.3 is 0 Å². The van der Waals surface area contributed by atoms with Crippen molar-refractivity contribution in [2.45, 2.75) is 19.8 Å². The van der Waals surface area contributed by atoms with E-state index in [-0.39, 0.29) is 5.82 Å². The zero-order valence-corrected chi connectivity index (χ0v) is 12.7. The smallest absolute Gasteiger partial charge is 0.144 e. The van der Waals surface area contributed by atoms with Crippen LogP contribution in [0.2, 0.25) is 0 Å². The van der Waals surface area contributed by atoms with Gasteiger partial charge < -0.3 is 9.64 Å². The van der Waals surface area contributed by atoms with Crippen LogP contribution in [-0.4, -0.2) is 37.7 Å². The molecule has 0 saturated carbocycles. The van der Waals surface area contributed by atoms with Crippen molar-refractivity contribution in [2.24, 2.45) is 4.99 Å². The summed E-state index contributed by atoms with van der Waals surface area (Å²) in [5, 5.41) is 0. The van der Waals surface area contributed by atoms with Gasteiger partial charge in [-0.1, -0.05) is 6.07 Å². The lowest BCUT2D eigenvalue weighted by Crippen LogP contribution is -2.22. The molecule has 5 heteroatoms. The Morgan fingerprint density at radius 2 is 2.19 bits per heavy atom. The molecule has 0 fully saturated rings. The van der Waals surface area contributed by atoms with Gasteiger partial charge in [0.2, 0.25) is 0 Å². The number of halogens is 1. The predicted molar refractivity (Wildman–Crippen MR) is 82.1 cm³/mol. The molecule has 4 nitrogen and oxygen atoms in total. The summed E-state index contributed by atoms with van der Waals surface area (Å²) in [7, 11) is 3.81. The fourth-order valence-corrected chi connectivity index (χ4v) is 1.70. The van der Waals surface area contributed by atoms with Crippen LogP contribution in [0.25, 0.3) is 0 Å². The number of carbonyl (C=O) groups is 1. The van der Waals surface area contributed by atoms with Gasteiger partial charge in [-0.15, -0.1) is 0 Å². The highest BCUT2D eigenvalue weighted by Gasteiger charge is 2.03. The summed E-state index contributed by atoms with van der Waals surface area (Å²) in [5.41, 5.74) is 0.666. The average molecular weight is 292 g/mol. The van der Waals surface area contributed by atoms with Crippen molar-refractivity contribution in [3.05, 3.63) is 41.9 Å². The summed E-state index contributed by atoms with van der Waals surface area (Å²) in [5.74, 6) is 1.08. The van der Waals surface area contributed by atoms with E-state index in [1.165, 1.54) is 18.2 Å². The first-order valence-electron chi connectivity index (χ1n) is 6.78. The number of aldehydes is 1. The minimum Gasteiger partial charge on any atom is -0.493 e. The van der Waals surface area contributed by atoms with Crippen molar-refractivity contribution < 1.29 is 13.9 Å². The number of hydrogen-bond acceptors (Lipinski definition) is 3. The van der Waals surface area contributed by atoms with Gasteiger partial charge in [-0.05, 0) is 31.6 Å². The average Bonchev–Trinajstić information content (AvgIpc) is 2.42. The molecule has 0 aliphatic rings. The molecule has 0 aliphatic heterocycles. The molecular weight excluding hydrogens is 271 g/mol. The Morgan fingerprint density at radius 1 is 1.43 bits per heavy atom. The van der Waals surface area contributed by atoms with Crippen LogP contribution in [0.1, 0.15) is 19.8 Å². The van der Waals surface area contributed by atoms with Gasteiger partial charge in [-0.25, -0.2) is 9.38 Å². The summed E-state index contributed by atoms with van der Waals surface area (Å²) in [6.07, 6.45) is 3.61. The number of carbonyl (C=O) groups excluding carboxylic acids is 1. The number of amidine groups is 1. The highest BCUT2D eigenvalue weighted by atomic mass is 19.1. The second kappa shape index (κ2) is 8.89. The third-order valence-corrected chi connectivity index (χ3v) is 2.74. The van der Waals surface area contributed by atoms with Crippen LogP contribution in [0.4, 0.5) is 4.39 Å². The second-order valence-corrected chi connectivity index (χ2v) is 4.78. The topological polar surface area (TPSA) is 41.9 Å². The second-order valence-electron chi connectivity index (χ2n) is 4.78. The number of rotatable bonds is 7. The number of nitrogens with zero attached hydrogens (tertiary/aromatic N) is 2. The Balaban J connectivity index is 2.48. The first-order chi connectivity index (χ1) is 10.0. The van der Waals surface area contributed by atoms with E-state index in [4.69, 9.17) is 4.74 Å². The zero-order chi connectivity index (χ0) is 15.7. The van der Waals surface area contributed by atoms with Crippen molar-refractivity contribution in [2.75, 3.05) is 20.7 Å². The minimum absolute atomic E-state index is 0.308. The summed E-state index contributed by atoms with van der Waals surface area (Å²) in [6, 6.07) is 6.08. The molecule has 1 aromatic rings. The minimum atomic E-state index is -0.308. The lowest BCUT2D eigenvalue weighted by atomic mass is 10.2. The molecule has 0 N–H and O–H groups in total. The van der Waals surface area contributed by atoms with Gasteiger partial charge in [-0.3, -0.25) is 4.79 Å². The molecule has 0 unspecified atom stereocenters. The number of ether oxygens (including phenoxy) is 1. The molecule has 114 valence electrons. The van der Waals surface area contributed by atoms with Gasteiger partial charge in [0.25, 0.3) is 0 Å². The van der Waals surface area contributed by atoms with Crippen LogP contribution in [0, 0.1) is 5.82 Å². The van der Waals surface area contributed by atoms with Crippen LogP contribution in [-0.2, 0) is 4.79 Å². The molecule has 0 radical (unpaired) electrons. The third kappa shape index (κ3) is 6.70. The van der Waals surface area contributed by atoms with Crippen LogP contribution in [0.3, 0.4) is 0 Å². The Hall–Kier alpha value is -2.17. The van der Waals surface area contributed by atoms with Crippen LogP contribution >= 0.6 is 0 Å². The lowest BCUT2D eigenvalue weighted by molar-refractivity contribution is -0.104. The third-order valence-electron chi connectivity index (χ3n) is 2.74. The van der Waals surface area contributed by atoms with Crippen molar-refractivity contribution >= 4 is 12.1 Å². The van der Waals surface area contributed by atoms with E-state index in [0.29, 0.717) is 24.5 Å². The Bertz CT molecular complexity index is 525. The quantitative estimate of drug-likeness (QED) is 0.255. The monoisotopic (exact) mass is 292 g/mol. The molecule has 21 heavy (non-hydrogen) atoms. The molecule has 0 bridgehead atoms. The number of benzene rings is 1. The van der Waals surface area contributed by atoms with Crippen LogP contribution in [0.5, 0.6) is 5.75 Å². The summed E-state index contributed by atoms with van der Waals surface area (Å²) in [6.45, 7) is 2.26. The number of hydrogen-bond donors (Lipinski definition) is 0. The van der Waals surface area contributed by atoms with Crippen LogP contribution < -0.4 is 4.74 Å². The Kier molecular flexibility index (Phi) is 7.15. The van der Waals surface area contributed by atoms with E-state index >= 15 is 0 Å². The van der Waals surface area contributed by atoms with Gasteiger partial charge in [0.15, 0.2) is 0 Å². The fourth-order valence-electron chi connectivity index (χ4n) is 1.70. The first kappa shape index (κ1) is 16.9. The van der Waals surface area contributed by atoms with E-state index in [2.05, 4.69) is 4.99 Å². The van der Waals surface area contributed by atoms with Gasteiger partial charge in [0.05, 0.1) is 6.61 Å². The van der Waals surface area contributed by atoms with Gasteiger partial charge in [0.1, 0.15) is 23.7 Å². The number of allylic oxidation sites excluding steroid dienone is 2. The molecule has 1 rings (SSSR count). The van der Waals surface area contributed by atoms with E-state index < -0.39 is 0 Å². The SMILES string of the molecule is C/C(=C/C=O)N=C(CCCOc1cccc(F)c1)N(C)C. The largest absolute Gasteiger partial charge is 0.493 e. The summed E-state index contributed by atoms with van der Waals surface area (Å²) < 4.78 is 18.5. The van der Waals surface area contributed by atoms with E-state index in [9.17, 15) is 9.18 Å². The predicted octanol–water partition coefficient (Wildman–Crippen LogP) is 3.05. The molecule has 0 spiro atoms. The fraction of sp³-hybridized carbons (Fsp3) is 0.375. The molecular formula is C16H21FN2O2. The standard InChI is InChI=1S/C16H21FN2O2/c1-13(9-10-20)18-16(19(2)3)8-5-11-21-15-7-4-6-14(17)12-15/h4,6-7,9-10,12H,5,8,11H2,1-3H3/b13-9-,18-16?. The Morgan fingerprint density at radius 3 is 2.81 bits per heavy atom. The van der Waals surface area contributed by atoms with E-state index in [0.717, 1.165) is 18.5 Å². The molecule has 1 aromatic carbocycles. The summed E-state index contributed by atoms with van der Waals surface area (Å²) >= 11 is 0. The van der Waals surface area contributed by atoms with Gasteiger partial charge in [0, 0.05) is 32.3 Å². The molecule has 0 heterocycles. The van der Waals surface area contributed by atoms with Crippen molar-refractivity contribution in [1.29, 1.82) is 0 Å². The lowest BCUT2D eigenvalue weighted by Gasteiger charge is -2.16. The van der Waals surface area contributed by atoms with Crippen LogP contribution in [0.15, 0.2) is 41.0 Å². The Labute approximate surface area is 124 Å². The molecule has 0 atom stereocenters. The summed E-state index contributed by atoms with van der Waals surface area (Å²) in [4.78, 5) is 16.7. The van der Waals surface area contributed by atoms with Crippen molar-refractivity contribution in [3.8, 4) is 5.75 Å². The van der Waals surface area contributed by atoms with Crippen molar-refractivity contribution in [1.82, 2.24) is 4.90 Å². The molecule has 0 saturated heterocycles. The van der Waals surface area contributed by atoms with E-state index in [1.54, 1.807) is 19.1 Å². The maximum Gasteiger partial charge on any atom is 0.144 e. The highest BCUT2D eigenvalue weighted by Crippen LogP contribution is 2.12.